The molecule has 0 radical (unpaired) electrons. The number of pyridine rings is 4. The van der Waals surface area contributed by atoms with Gasteiger partial charge < -0.3 is 49.1 Å². The summed E-state index contributed by atoms with van der Waals surface area (Å²) in [5, 5.41) is 14.7. The van der Waals surface area contributed by atoms with Gasteiger partial charge in [-0.25, -0.2) is 4.98 Å². The molecule has 4 aromatic heterocycles. The smallest absolute Gasteiger partial charge is 0.231 e. The zero-order valence-electron chi connectivity index (χ0n) is 40.2. The molecule has 0 aliphatic carbocycles. The molecule has 3 amide bonds. The molecule has 0 atom stereocenters. The van der Waals surface area contributed by atoms with Gasteiger partial charge in [-0.2, -0.15) is 0 Å². The number of carbonyl (C=O) groups excluding carboxylic acids is 3. The maximum absolute atomic E-state index is 12.6. The second kappa shape index (κ2) is 25.4. The SMILES string of the molecule is COc1ccc(CCl)nc1.COc1ccc(COc2ccc3c(c2)CN(c2ccc(OC)nc2)C(=O)C3)nc1.COc1ccc(COc2ccc3c(c2)CNC(=O)C3)nc1.O=C1Cc2ccc(O)cc2CN1. The van der Waals surface area contributed by atoms with Crippen LogP contribution in [0.4, 0.5) is 5.69 Å². The first-order valence-corrected chi connectivity index (χ1v) is 23.2. The zero-order valence-corrected chi connectivity index (χ0v) is 41.0. The lowest BCUT2D eigenvalue weighted by atomic mass is 9.98. The third-order valence-corrected chi connectivity index (χ3v) is 11.7. The van der Waals surface area contributed by atoms with Crippen LogP contribution >= 0.6 is 11.6 Å². The van der Waals surface area contributed by atoms with E-state index in [0.717, 1.165) is 79.1 Å². The number of nitrogens with one attached hydrogen (secondary N) is 2. The third-order valence-electron chi connectivity index (χ3n) is 11.4. The first-order chi connectivity index (χ1) is 35.0. The molecule has 7 aromatic rings. The third kappa shape index (κ3) is 14.6. The molecule has 10 rings (SSSR count). The number of nitrogens with zero attached hydrogens (tertiary/aromatic N) is 5. The van der Waals surface area contributed by atoms with E-state index >= 15 is 0 Å². The molecule has 17 nitrogen and oxygen atoms in total. The van der Waals surface area contributed by atoms with Crippen LogP contribution in [0.1, 0.15) is 50.5 Å². The van der Waals surface area contributed by atoms with Gasteiger partial charge >= 0.3 is 0 Å². The second-order valence-electron chi connectivity index (χ2n) is 16.2. The van der Waals surface area contributed by atoms with Crippen LogP contribution in [-0.2, 0) is 72.4 Å². The number of hydrogen-bond donors (Lipinski definition) is 3. The number of aromatic nitrogens is 4. The summed E-state index contributed by atoms with van der Waals surface area (Å²) >= 11 is 5.52. The van der Waals surface area contributed by atoms with Gasteiger partial charge in [0, 0.05) is 19.2 Å². The minimum absolute atomic E-state index is 0.0422. The summed E-state index contributed by atoms with van der Waals surface area (Å²) in [5.74, 6) is 5.09. The number of rotatable bonds is 12. The highest BCUT2D eigenvalue weighted by Crippen LogP contribution is 2.29. The molecule has 3 N–H and O–H groups in total. The number of hydrogen-bond acceptors (Lipinski definition) is 14. The van der Waals surface area contributed by atoms with E-state index in [-0.39, 0.29) is 23.5 Å². The van der Waals surface area contributed by atoms with E-state index in [1.165, 1.54) is 0 Å². The van der Waals surface area contributed by atoms with E-state index in [9.17, 15) is 14.4 Å². The Labute approximate surface area is 422 Å². The Balaban J connectivity index is 0.000000153. The van der Waals surface area contributed by atoms with Gasteiger partial charge in [0.05, 0.1) is 108 Å². The van der Waals surface area contributed by atoms with Crippen molar-refractivity contribution in [1.82, 2.24) is 30.6 Å². The number of phenolic OH excluding ortho intramolecular Hbond substituents is 1. The van der Waals surface area contributed by atoms with Crippen LogP contribution in [0.3, 0.4) is 0 Å². The molecule has 0 bridgehead atoms. The Morgan fingerprint density at radius 2 is 1.00 bits per heavy atom. The monoisotopic (exact) mass is 995 g/mol. The minimum atomic E-state index is 0.0422. The highest BCUT2D eigenvalue weighted by atomic mass is 35.5. The van der Waals surface area contributed by atoms with Crippen LogP contribution in [0, 0.1) is 0 Å². The molecule has 0 fully saturated rings. The number of aromatic hydroxyl groups is 1. The number of anilines is 1. The Kier molecular flexibility index (Phi) is 18.2. The van der Waals surface area contributed by atoms with Crippen LogP contribution in [0.2, 0.25) is 0 Å². The average molecular weight is 997 g/mol. The van der Waals surface area contributed by atoms with Crippen LogP contribution < -0.4 is 44.0 Å². The van der Waals surface area contributed by atoms with E-state index in [4.69, 9.17) is 45.1 Å². The molecule has 0 saturated heterocycles. The van der Waals surface area contributed by atoms with Crippen molar-refractivity contribution in [3.05, 3.63) is 178 Å². The van der Waals surface area contributed by atoms with Crippen molar-refractivity contribution in [2.24, 2.45) is 0 Å². The van der Waals surface area contributed by atoms with Crippen LogP contribution in [0.25, 0.3) is 0 Å². The van der Waals surface area contributed by atoms with Gasteiger partial charge in [0.15, 0.2) is 0 Å². The summed E-state index contributed by atoms with van der Waals surface area (Å²) in [4.78, 5) is 53.3. The van der Waals surface area contributed by atoms with E-state index in [2.05, 4.69) is 30.6 Å². The van der Waals surface area contributed by atoms with Crippen molar-refractivity contribution in [3.8, 4) is 40.4 Å². The number of phenols is 1. The number of benzene rings is 3. The van der Waals surface area contributed by atoms with E-state index in [1.54, 1.807) is 82.4 Å². The highest BCUT2D eigenvalue weighted by molar-refractivity contribution is 6.16. The van der Waals surface area contributed by atoms with Crippen LogP contribution in [-0.4, -0.2) is 71.2 Å². The topological polar surface area (TPSA) is 206 Å². The lowest BCUT2D eigenvalue weighted by Crippen LogP contribution is -2.36. The number of halogens is 1. The van der Waals surface area contributed by atoms with Crippen molar-refractivity contribution in [3.63, 3.8) is 0 Å². The Morgan fingerprint density at radius 3 is 1.47 bits per heavy atom. The van der Waals surface area contributed by atoms with Crippen molar-refractivity contribution in [1.29, 1.82) is 0 Å². The van der Waals surface area contributed by atoms with E-state index in [1.807, 2.05) is 78.9 Å². The molecular formula is C54H54ClN7O10. The Hall–Kier alpha value is -8.44. The van der Waals surface area contributed by atoms with Crippen LogP contribution in [0.15, 0.2) is 128 Å². The number of amides is 3. The summed E-state index contributed by atoms with van der Waals surface area (Å²) in [5.41, 5.74) is 9.52. The first-order valence-electron chi connectivity index (χ1n) is 22.7. The van der Waals surface area contributed by atoms with Crippen molar-refractivity contribution in [2.45, 2.75) is 58.0 Å². The summed E-state index contributed by atoms with van der Waals surface area (Å²) in [7, 11) is 6.39. The summed E-state index contributed by atoms with van der Waals surface area (Å²) in [6.07, 6.45) is 7.85. The quantitative estimate of drug-likeness (QED) is 0.102. The van der Waals surface area contributed by atoms with Gasteiger partial charge in [0.2, 0.25) is 23.6 Å². The van der Waals surface area contributed by atoms with Gasteiger partial charge in [-0.05, 0) is 112 Å². The molecule has 72 heavy (non-hydrogen) atoms. The maximum Gasteiger partial charge on any atom is 0.231 e. The van der Waals surface area contributed by atoms with Crippen LogP contribution in [0.5, 0.6) is 40.4 Å². The number of methoxy groups -OCH3 is 4. The van der Waals surface area contributed by atoms with Crippen molar-refractivity contribution < 1.29 is 47.9 Å². The second-order valence-corrected chi connectivity index (χ2v) is 16.5. The molecule has 0 spiro atoms. The van der Waals surface area contributed by atoms with E-state index < -0.39 is 0 Å². The molecule has 3 aromatic carbocycles. The molecule has 372 valence electrons. The lowest BCUT2D eigenvalue weighted by Gasteiger charge is -2.29. The number of ether oxygens (including phenoxy) is 6. The fourth-order valence-corrected chi connectivity index (χ4v) is 7.57. The Morgan fingerprint density at radius 1 is 0.514 bits per heavy atom. The number of carbonyl (C=O) groups is 3. The summed E-state index contributed by atoms with van der Waals surface area (Å²) in [6, 6.07) is 31.4. The first kappa shape index (κ1) is 51.4. The maximum atomic E-state index is 12.6. The largest absolute Gasteiger partial charge is 0.508 e. The predicted octanol–water partition coefficient (Wildman–Crippen LogP) is 7.40. The lowest BCUT2D eigenvalue weighted by molar-refractivity contribution is -0.121. The van der Waals surface area contributed by atoms with Gasteiger partial charge in [-0.3, -0.25) is 29.3 Å². The Bertz CT molecular complexity index is 2900. The molecular weight excluding hydrogens is 942 g/mol. The normalized spacial score (nSPS) is 13.0. The number of fused-ring (bicyclic) bond motifs is 3. The molecule has 3 aliphatic rings. The minimum Gasteiger partial charge on any atom is -0.508 e. The molecule has 0 saturated carbocycles. The number of alkyl halides is 1. The molecule has 3 aliphatic heterocycles. The predicted molar refractivity (Wildman–Crippen MR) is 268 cm³/mol. The van der Waals surface area contributed by atoms with Gasteiger partial charge in [0.1, 0.15) is 47.7 Å². The molecule has 7 heterocycles. The average Bonchev–Trinajstić information content (AvgIpc) is 3.42. The fraction of sp³-hybridized carbons (Fsp3) is 0.241. The zero-order chi connectivity index (χ0) is 50.8. The molecule has 0 unspecified atom stereocenters. The van der Waals surface area contributed by atoms with Crippen molar-refractivity contribution >= 4 is 35.0 Å². The van der Waals surface area contributed by atoms with E-state index in [0.29, 0.717) is 69.6 Å². The van der Waals surface area contributed by atoms with Gasteiger partial charge in [0.25, 0.3) is 0 Å². The fourth-order valence-electron chi connectivity index (χ4n) is 7.41. The highest BCUT2D eigenvalue weighted by Gasteiger charge is 2.25. The van der Waals surface area contributed by atoms with Gasteiger partial charge in [-0.15, -0.1) is 11.6 Å². The molecule has 18 heteroatoms. The summed E-state index contributed by atoms with van der Waals surface area (Å²) in [6.45, 7) is 2.32. The van der Waals surface area contributed by atoms with Crippen molar-refractivity contribution in [2.75, 3.05) is 33.3 Å². The summed E-state index contributed by atoms with van der Waals surface area (Å²) < 4.78 is 31.8. The van der Waals surface area contributed by atoms with Gasteiger partial charge in [-0.1, -0.05) is 18.2 Å². The standard InChI is InChI=1S/C22H21N3O4.C16H16N2O3.C9H9NO2.C7H8ClNO/c1-27-20-7-4-17(23-12-20)14-29-19-6-3-15-10-22(26)25(13-16(15)9-19)18-5-8-21(28-2)24-11-18;1-20-15-5-3-13(17-9-15)10-21-14-4-2-11-7-16(19)18-8-12(11)6-14;11-8-2-1-6-4-9(12)10-5-7(6)3-8;1-10-7-3-2-6(4-8)9-5-7/h3-9,11-12H,10,13-14H2,1-2H3;2-6,9H,7-8,10H2,1H3,(H,18,19);1-3,11H,4-5H2,(H,10,12);2-3,5H,4H2,1H3.